The van der Waals surface area contributed by atoms with Crippen molar-refractivity contribution in [2.45, 2.75) is 45.4 Å². The smallest absolute Gasteiger partial charge is 0.308 e. The van der Waals surface area contributed by atoms with Gasteiger partial charge >= 0.3 is 7.60 Å². The molecule has 28 heavy (non-hydrogen) atoms. The minimum atomic E-state index is -3.50. The maximum atomic E-state index is 13.3. The Hall–Kier alpha value is -1.74. The first-order chi connectivity index (χ1) is 13.5. The summed E-state index contributed by atoms with van der Waals surface area (Å²) in [6.45, 7) is 6.10. The molecule has 2 rings (SSSR count). The minimum Gasteiger partial charge on any atom is -0.308 e. The maximum absolute atomic E-state index is 13.3. The first-order valence-corrected chi connectivity index (χ1v) is 11.7. The average molecular weight is 402 g/mol. The summed E-state index contributed by atoms with van der Waals surface area (Å²) in [6.07, 6.45) is 1.51. The number of hydrogen-bond acceptors (Lipinski definition) is 4. The zero-order valence-electron chi connectivity index (χ0n) is 17.0. The van der Waals surface area contributed by atoms with Crippen LogP contribution in [0, 0.1) is 0 Å². The van der Waals surface area contributed by atoms with Gasteiger partial charge in [-0.3, -0.25) is 9.36 Å². The second-order valence-corrected chi connectivity index (χ2v) is 9.15. The molecule has 0 spiro atoms. The van der Waals surface area contributed by atoms with Crippen molar-refractivity contribution in [1.82, 2.24) is 0 Å². The molecule has 0 N–H and O–H groups in total. The van der Waals surface area contributed by atoms with Gasteiger partial charge in [-0.15, -0.1) is 0 Å². The number of benzene rings is 2. The SMILES string of the molecule is CCC(COP(=O)(CC(C)=O)OCC(CC)c1ccccc1)c1ccccc1. The molecule has 2 aromatic carbocycles. The molecular weight excluding hydrogens is 371 g/mol. The number of carbonyl (C=O) groups excluding carboxylic acids is 1. The predicted octanol–water partition coefficient (Wildman–Crippen LogP) is 6.19. The summed E-state index contributed by atoms with van der Waals surface area (Å²) in [7, 11) is -3.50. The molecule has 0 fully saturated rings. The number of carbonyl (C=O) groups is 1. The maximum Gasteiger partial charge on any atom is 0.338 e. The Labute approximate surface area is 168 Å². The van der Waals surface area contributed by atoms with Gasteiger partial charge in [-0.05, 0) is 30.9 Å². The molecule has 4 nitrogen and oxygen atoms in total. The zero-order valence-corrected chi connectivity index (χ0v) is 17.9. The monoisotopic (exact) mass is 402 g/mol. The quantitative estimate of drug-likeness (QED) is 0.397. The Kier molecular flexibility index (Phi) is 9.11. The van der Waals surface area contributed by atoms with Gasteiger partial charge in [0.05, 0.1) is 13.2 Å². The molecule has 0 saturated carbocycles. The van der Waals surface area contributed by atoms with Crippen LogP contribution in [0.25, 0.3) is 0 Å². The summed E-state index contributed by atoms with van der Waals surface area (Å²) in [5, 5.41) is 0. The third kappa shape index (κ3) is 7.01. The third-order valence-corrected chi connectivity index (χ3v) is 6.81. The van der Waals surface area contributed by atoms with E-state index < -0.39 is 7.60 Å². The van der Waals surface area contributed by atoms with E-state index >= 15 is 0 Å². The van der Waals surface area contributed by atoms with E-state index in [1.807, 2.05) is 60.7 Å². The van der Waals surface area contributed by atoms with E-state index in [0.717, 1.165) is 24.0 Å². The molecule has 0 heterocycles. The number of Topliss-reactive ketones (excluding diaryl/α,β-unsaturated/α-hetero) is 1. The minimum absolute atomic E-state index is 0.112. The molecule has 0 aliphatic rings. The summed E-state index contributed by atoms with van der Waals surface area (Å²) >= 11 is 0. The fraction of sp³-hybridized carbons (Fsp3) is 0.435. The van der Waals surface area contributed by atoms with Crippen molar-refractivity contribution < 1.29 is 18.4 Å². The third-order valence-electron chi connectivity index (χ3n) is 4.89. The van der Waals surface area contributed by atoms with Gasteiger partial charge in [0.15, 0.2) is 0 Å². The molecule has 0 amide bonds. The molecule has 2 unspecified atom stereocenters. The highest BCUT2D eigenvalue weighted by atomic mass is 31.2. The second kappa shape index (κ2) is 11.3. The molecule has 2 atom stereocenters. The van der Waals surface area contributed by atoms with Gasteiger partial charge in [0, 0.05) is 11.8 Å². The lowest BCUT2D eigenvalue weighted by molar-refractivity contribution is -0.114. The van der Waals surface area contributed by atoms with Gasteiger partial charge in [-0.1, -0.05) is 74.5 Å². The van der Waals surface area contributed by atoms with E-state index in [-0.39, 0.29) is 37.0 Å². The van der Waals surface area contributed by atoms with Crippen molar-refractivity contribution in [3.05, 3.63) is 71.8 Å². The molecular formula is C23H31O4P. The molecule has 152 valence electrons. The summed E-state index contributed by atoms with van der Waals surface area (Å²) in [4.78, 5) is 11.7. The average Bonchev–Trinajstić information content (AvgIpc) is 2.70. The van der Waals surface area contributed by atoms with Crippen molar-refractivity contribution in [3.63, 3.8) is 0 Å². The Bertz CT molecular complexity index is 705. The molecule has 2 aromatic rings. The van der Waals surface area contributed by atoms with Crippen molar-refractivity contribution >= 4 is 13.4 Å². The molecule has 0 bridgehead atoms. The molecule has 0 aliphatic carbocycles. The number of ketones is 1. The van der Waals surface area contributed by atoms with Crippen LogP contribution in [0.2, 0.25) is 0 Å². The van der Waals surface area contributed by atoms with Crippen LogP contribution in [0.15, 0.2) is 60.7 Å². The molecule has 0 aliphatic heterocycles. The van der Waals surface area contributed by atoms with Crippen molar-refractivity contribution in [1.29, 1.82) is 0 Å². The van der Waals surface area contributed by atoms with E-state index in [4.69, 9.17) is 9.05 Å². The zero-order chi connectivity index (χ0) is 20.4. The lowest BCUT2D eigenvalue weighted by atomic mass is 9.98. The van der Waals surface area contributed by atoms with Gasteiger partial charge in [-0.25, -0.2) is 0 Å². The highest BCUT2D eigenvalue weighted by Gasteiger charge is 2.29. The van der Waals surface area contributed by atoms with E-state index in [9.17, 15) is 9.36 Å². The number of rotatable bonds is 12. The summed E-state index contributed by atoms with van der Waals surface area (Å²) in [5.74, 6) is 0.0335. The Morgan fingerprint density at radius 1 is 0.821 bits per heavy atom. The van der Waals surface area contributed by atoms with Crippen molar-refractivity contribution in [3.8, 4) is 0 Å². The predicted molar refractivity (Wildman–Crippen MR) is 114 cm³/mol. The lowest BCUT2D eigenvalue weighted by Crippen LogP contribution is -2.14. The highest BCUT2D eigenvalue weighted by molar-refractivity contribution is 7.54. The van der Waals surface area contributed by atoms with Crippen molar-refractivity contribution in [2.24, 2.45) is 0 Å². The van der Waals surface area contributed by atoms with Crippen LogP contribution in [0.5, 0.6) is 0 Å². The topological polar surface area (TPSA) is 52.6 Å². The summed E-state index contributed by atoms with van der Waals surface area (Å²) < 4.78 is 24.8. The van der Waals surface area contributed by atoms with Crippen LogP contribution in [0.3, 0.4) is 0 Å². The van der Waals surface area contributed by atoms with Crippen LogP contribution in [-0.2, 0) is 18.4 Å². The first-order valence-electron chi connectivity index (χ1n) is 9.94. The van der Waals surface area contributed by atoms with Gasteiger partial charge in [0.25, 0.3) is 0 Å². The molecule has 0 radical (unpaired) electrons. The standard InChI is InChI=1S/C23H31O4P/c1-4-20(22-12-8-6-9-13-22)16-26-28(25,18-19(3)24)27-17-21(5-2)23-14-10-7-11-15-23/h6-15,20-21H,4-5,16-18H2,1-3H3. The second-order valence-electron chi connectivity index (χ2n) is 7.09. The fourth-order valence-corrected chi connectivity index (χ4v) is 4.77. The van der Waals surface area contributed by atoms with Gasteiger partial charge in [0.2, 0.25) is 0 Å². The summed E-state index contributed by atoms with van der Waals surface area (Å²) in [5.41, 5.74) is 2.27. The van der Waals surface area contributed by atoms with Crippen LogP contribution in [-0.4, -0.2) is 25.2 Å². The van der Waals surface area contributed by atoms with Gasteiger partial charge in [0.1, 0.15) is 11.9 Å². The van der Waals surface area contributed by atoms with Crippen LogP contribution < -0.4 is 0 Å². The van der Waals surface area contributed by atoms with Crippen LogP contribution in [0.1, 0.15) is 56.6 Å². The van der Waals surface area contributed by atoms with E-state index in [0.29, 0.717) is 0 Å². The summed E-state index contributed by atoms with van der Waals surface area (Å²) in [6, 6.07) is 20.0. The van der Waals surface area contributed by atoms with Crippen LogP contribution in [0.4, 0.5) is 0 Å². The largest absolute Gasteiger partial charge is 0.338 e. The van der Waals surface area contributed by atoms with Crippen molar-refractivity contribution in [2.75, 3.05) is 19.4 Å². The van der Waals surface area contributed by atoms with Gasteiger partial charge in [-0.2, -0.15) is 0 Å². The normalized spacial score (nSPS) is 15.5. The number of hydrogen-bond donors (Lipinski definition) is 0. The fourth-order valence-electron chi connectivity index (χ4n) is 3.16. The molecule has 0 aromatic heterocycles. The lowest BCUT2D eigenvalue weighted by Gasteiger charge is -2.24. The molecule has 0 saturated heterocycles. The van der Waals surface area contributed by atoms with E-state index in [1.165, 1.54) is 6.92 Å². The first kappa shape index (κ1) is 22.5. The highest BCUT2D eigenvalue weighted by Crippen LogP contribution is 2.50. The Balaban J connectivity index is 2.05. The Morgan fingerprint density at radius 3 is 1.54 bits per heavy atom. The molecule has 5 heteroatoms. The van der Waals surface area contributed by atoms with Crippen LogP contribution >= 0.6 is 7.60 Å². The van der Waals surface area contributed by atoms with E-state index in [1.54, 1.807) is 0 Å². The Morgan fingerprint density at radius 2 is 1.21 bits per heavy atom. The van der Waals surface area contributed by atoms with E-state index in [2.05, 4.69) is 13.8 Å². The van der Waals surface area contributed by atoms with Gasteiger partial charge < -0.3 is 9.05 Å².